The van der Waals surface area contributed by atoms with Gasteiger partial charge in [0.2, 0.25) is 17.7 Å². The smallest absolute Gasteiger partial charge is 0.326 e. The molecule has 16 heteroatoms. The molecular weight excluding hydrogens is 486 g/mol. The first-order valence-corrected chi connectivity index (χ1v) is 11.0. The quantitative estimate of drug-likeness (QED) is 0.0779. The Morgan fingerprint density at radius 2 is 1.06 bits per heavy atom. The number of unbranched alkanes of at least 4 members (excludes halogenated alkanes) is 1. The summed E-state index contributed by atoms with van der Waals surface area (Å²) in [5, 5.41) is 42.5. The highest BCUT2D eigenvalue weighted by Crippen LogP contribution is 2.06. The van der Waals surface area contributed by atoms with Crippen molar-refractivity contribution < 1.29 is 54.0 Å². The first-order valence-electron chi connectivity index (χ1n) is 11.0. The molecule has 0 saturated heterocycles. The van der Waals surface area contributed by atoms with E-state index in [4.69, 9.17) is 26.8 Å². The maximum atomic E-state index is 12.8. The third-order valence-electron chi connectivity index (χ3n) is 4.85. The lowest BCUT2D eigenvalue weighted by Gasteiger charge is -2.24. The summed E-state index contributed by atoms with van der Waals surface area (Å²) in [7, 11) is 0. The molecule has 4 unspecified atom stereocenters. The van der Waals surface area contributed by atoms with Crippen LogP contribution >= 0.6 is 0 Å². The topological polar surface area (TPSA) is 289 Å². The van der Waals surface area contributed by atoms with E-state index in [0.717, 1.165) is 0 Å². The Morgan fingerprint density at radius 1 is 0.611 bits per heavy atom. The van der Waals surface area contributed by atoms with Crippen LogP contribution < -0.4 is 27.4 Å². The Kier molecular flexibility index (Phi) is 15.0. The zero-order valence-electron chi connectivity index (χ0n) is 19.5. The van der Waals surface area contributed by atoms with E-state index in [9.17, 15) is 38.7 Å². The van der Waals surface area contributed by atoms with Crippen molar-refractivity contribution in [3.8, 4) is 0 Å². The third kappa shape index (κ3) is 13.8. The van der Waals surface area contributed by atoms with Gasteiger partial charge in [-0.1, -0.05) is 0 Å². The number of carbonyl (C=O) groups is 7. The number of carboxylic acids is 4. The van der Waals surface area contributed by atoms with E-state index >= 15 is 0 Å². The molecule has 16 nitrogen and oxygen atoms in total. The maximum Gasteiger partial charge on any atom is 0.326 e. The van der Waals surface area contributed by atoms with Crippen molar-refractivity contribution in [2.45, 2.75) is 75.5 Å². The van der Waals surface area contributed by atoms with Gasteiger partial charge in [0, 0.05) is 12.8 Å². The Hall–Kier alpha value is -3.79. The highest BCUT2D eigenvalue weighted by Gasteiger charge is 2.31. The average Bonchev–Trinajstić information content (AvgIpc) is 2.77. The van der Waals surface area contributed by atoms with Crippen molar-refractivity contribution in [2.24, 2.45) is 11.5 Å². The molecule has 0 radical (unpaired) electrons. The minimum Gasteiger partial charge on any atom is -0.481 e. The lowest BCUT2D eigenvalue weighted by molar-refractivity contribution is -0.143. The van der Waals surface area contributed by atoms with Crippen molar-refractivity contribution >= 4 is 41.6 Å². The summed E-state index contributed by atoms with van der Waals surface area (Å²) in [5.74, 6) is -8.53. The van der Waals surface area contributed by atoms with Gasteiger partial charge in [-0.3, -0.25) is 28.8 Å². The number of carbonyl (C=O) groups excluding carboxylic acids is 3. The SMILES string of the molecule is NCCCCC(NC(=O)C(CCC(=O)O)NC(=O)C(CCC(=O)O)NC(=O)C(N)CC(=O)O)C(=O)O. The summed E-state index contributed by atoms with van der Waals surface area (Å²) in [6, 6.07) is -6.00. The van der Waals surface area contributed by atoms with Crippen LogP contribution in [0.5, 0.6) is 0 Å². The summed E-state index contributed by atoms with van der Waals surface area (Å²) in [4.78, 5) is 81.8. The second kappa shape index (κ2) is 16.8. The molecule has 0 aliphatic rings. The van der Waals surface area contributed by atoms with E-state index in [1.54, 1.807) is 0 Å². The Balaban J connectivity index is 5.61. The molecule has 0 aliphatic carbocycles. The molecule has 36 heavy (non-hydrogen) atoms. The fraction of sp³-hybridized carbons (Fsp3) is 0.650. The first kappa shape index (κ1) is 32.2. The fourth-order valence-corrected chi connectivity index (χ4v) is 2.93. The molecule has 0 spiro atoms. The standard InChI is InChI=1S/C20H33N5O11/c21-8-2-1-3-13(20(35)36)25-19(34)12(5-7-15(28)29)24-18(33)11(4-6-14(26)27)23-17(32)10(22)9-16(30)31/h10-13H,1-9,21-22H2,(H,23,32)(H,24,33)(H,25,34)(H,26,27)(H,28,29)(H,30,31)(H,35,36). The summed E-state index contributed by atoms with van der Waals surface area (Å²) in [6.07, 6.45) is -1.97. The molecule has 0 bridgehead atoms. The van der Waals surface area contributed by atoms with E-state index in [1.807, 2.05) is 0 Å². The molecule has 3 amide bonds. The molecule has 0 aliphatic heterocycles. The van der Waals surface area contributed by atoms with E-state index in [2.05, 4.69) is 16.0 Å². The van der Waals surface area contributed by atoms with E-state index in [0.29, 0.717) is 19.4 Å². The Labute approximate surface area is 205 Å². The van der Waals surface area contributed by atoms with Crippen LogP contribution in [0.15, 0.2) is 0 Å². The van der Waals surface area contributed by atoms with Crippen LogP contribution in [-0.4, -0.2) is 92.7 Å². The van der Waals surface area contributed by atoms with Gasteiger partial charge in [0.1, 0.15) is 18.1 Å². The molecule has 0 aromatic heterocycles. The maximum absolute atomic E-state index is 12.8. The van der Waals surface area contributed by atoms with Crippen LogP contribution in [-0.2, 0) is 33.6 Å². The zero-order chi connectivity index (χ0) is 27.8. The molecule has 204 valence electrons. The lowest BCUT2D eigenvalue weighted by Crippen LogP contribution is -2.57. The Bertz CT molecular complexity index is 820. The van der Waals surface area contributed by atoms with Gasteiger partial charge in [0.25, 0.3) is 0 Å². The largest absolute Gasteiger partial charge is 0.481 e. The van der Waals surface area contributed by atoms with Crippen LogP contribution in [0.1, 0.15) is 51.4 Å². The summed E-state index contributed by atoms with van der Waals surface area (Å²) in [5.41, 5.74) is 10.8. The summed E-state index contributed by atoms with van der Waals surface area (Å²) < 4.78 is 0. The van der Waals surface area contributed by atoms with Gasteiger partial charge >= 0.3 is 23.9 Å². The zero-order valence-corrected chi connectivity index (χ0v) is 19.5. The minimum absolute atomic E-state index is 0.0244. The normalized spacial score (nSPS) is 13.9. The van der Waals surface area contributed by atoms with Gasteiger partial charge in [-0.2, -0.15) is 0 Å². The predicted molar refractivity (Wildman–Crippen MR) is 120 cm³/mol. The molecular formula is C20H33N5O11. The van der Waals surface area contributed by atoms with Gasteiger partial charge < -0.3 is 47.8 Å². The first-order chi connectivity index (χ1) is 16.8. The van der Waals surface area contributed by atoms with Crippen LogP contribution in [0.25, 0.3) is 0 Å². The van der Waals surface area contributed by atoms with Gasteiger partial charge in [-0.15, -0.1) is 0 Å². The average molecular weight is 520 g/mol. The van der Waals surface area contributed by atoms with Crippen LogP contribution in [0, 0.1) is 0 Å². The molecule has 0 aromatic rings. The molecule has 0 rings (SSSR count). The molecule has 0 aromatic carbocycles. The molecule has 0 fully saturated rings. The van der Waals surface area contributed by atoms with Crippen molar-refractivity contribution in [3.63, 3.8) is 0 Å². The predicted octanol–water partition coefficient (Wildman–Crippen LogP) is -2.81. The molecule has 0 saturated carbocycles. The van der Waals surface area contributed by atoms with E-state index < -0.39 is 97.9 Å². The van der Waals surface area contributed by atoms with Crippen molar-refractivity contribution in [1.29, 1.82) is 0 Å². The van der Waals surface area contributed by atoms with Gasteiger partial charge in [0.05, 0.1) is 12.5 Å². The molecule has 11 N–H and O–H groups in total. The molecule has 0 heterocycles. The van der Waals surface area contributed by atoms with Crippen LogP contribution in [0.4, 0.5) is 0 Å². The second-order valence-electron chi connectivity index (χ2n) is 7.88. The Morgan fingerprint density at radius 3 is 1.44 bits per heavy atom. The number of hydrogen-bond donors (Lipinski definition) is 9. The third-order valence-corrected chi connectivity index (χ3v) is 4.85. The summed E-state index contributed by atoms with van der Waals surface area (Å²) >= 11 is 0. The van der Waals surface area contributed by atoms with Crippen molar-refractivity contribution in [1.82, 2.24) is 16.0 Å². The minimum atomic E-state index is -1.56. The second-order valence-corrected chi connectivity index (χ2v) is 7.88. The number of amides is 3. The monoisotopic (exact) mass is 519 g/mol. The van der Waals surface area contributed by atoms with Crippen LogP contribution in [0.2, 0.25) is 0 Å². The number of rotatable bonds is 19. The van der Waals surface area contributed by atoms with E-state index in [1.165, 1.54) is 0 Å². The fourth-order valence-electron chi connectivity index (χ4n) is 2.93. The summed E-state index contributed by atoms with van der Waals surface area (Å²) in [6.45, 7) is 0.303. The number of nitrogens with one attached hydrogen (secondary N) is 3. The number of aliphatic carboxylic acids is 4. The van der Waals surface area contributed by atoms with Crippen molar-refractivity contribution in [3.05, 3.63) is 0 Å². The van der Waals surface area contributed by atoms with Gasteiger partial charge in [-0.25, -0.2) is 4.79 Å². The lowest BCUT2D eigenvalue weighted by atomic mass is 10.1. The van der Waals surface area contributed by atoms with E-state index in [-0.39, 0.29) is 6.42 Å². The number of nitrogens with two attached hydrogens (primary N) is 2. The number of hydrogen-bond acceptors (Lipinski definition) is 9. The van der Waals surface area contributed by atoms with Gasteiger partial charge in [0.15, 0.2) is 0 Å². The highest BCUT2D eigenvalue weighted by atomic mass is 16.4. The van der Waals surface area contributed by atoms with Crippen LogP contribution in [0.3, 0.4) is 0 Å². The molecule has 4 atom stereocenters. The number of carboxylic acid groups (broad SMARTS) is 4. The highest BCUT2D eigenvalue weighted by molar-refractivity contribution is 5.95. The van der Waals surface area contributed by atoms with Gasteiger partial charge in [-0.05, 0) is 38.6 Å². The van der Waals surface area contributed by atoms with Crippen molar-refractivity contribution in [2.75, 3.05) is 6.54 Å².